The molecule has 2 atom stereocenters. The Kier molecular flexibility index (Phi) is 11.5. The van der Waals surface area contributed by atoms with Gasteiger partial charge in [0.05, 0.1) is 12.2 Å². The van der Waals surface area contributed by atoms with Crippen LogP contribution in [-0.2, 0) is 31.8 Å². The van der Waals surface area contributed by atoms with Gasteiger partial charge in [0.25, 0.3) is 5.91 Å². The average Bonchev–Trinajstić information content (AvgIpc) is 3.39. The van der Waals surface area contributed by atoms with Crippen LogP contribution in [0.2, 0.25) is 10.0 Å². The molecule has 0 spiro atoms. The molecule has 0 saturated carbocycles. The van der Waals surface area contributed by atoms with Crippen molar-refractivity contribution in [2.75, 3.05) is 13.2 Å². The van der Waals surface area contributed by atoms with Gasteiger partial charge in [-0.05, 0) is 81.3 Å². The van der Waals surface area contributed by atoms with Crippen molar-refractivity contribution in [2.24, 2.45) is 4.99 Å². The van der Waals surface area contributed by atoms with Gasteiger partial charge in [-0.25, -0.2) is 4.99 Å². The highest BCUT2D eigenvalue weighted by molar-refractivity contribution is 6.35. The number of hydrogen-bond acceptors (Lipinski definition) is 7. The molecular formula is C34H35Cl2F3N2O6. The van der Waals surface area contributed by atoms with E-state index in [0.717, 1.165) is 12.1 Å². The van der Waals surface area contributed by atoms with Gasteiger partial charge >= 0.3 is 12.1 Å². The van der Waals surface area contributed by atoms with E-state index in [-0.39, 0.29) is 42.5 Å². The molecule has 1 aliphatic rings. The Morgan fingerprint density at radius 2 is 1.77 bits per heavy atom. The second kappa shape index (κ2) is 15.0. The zero-order valence-electron chi connectivity index (χ0n) is 26.0. The maximum Gasteiger partial charge on any atom is 0.416 e. The number of ether oxygens (including phenoxy) is 3. The van der Waals surface area contributed by atoms with Crippen LogP contribution in [0.25, 0.3) is 0 Å². The molecule has 8 nitrogen and oxygen atoms in total. The Morgan fingerprint density at radius 1 is 1.04 bits per heavy atom. The molecule has 0 bridgehead atoms. The minimum absolute atomic E-state index is 0.0153. The smallest absolute Gasteiger partial charge is 0.416 e. The summed E-state index contributed by atoms with van der Waals surface area (Å²) in [5.74, 6) is -0.681. The topological polar surface area (TPSA) is 106 Å². The summed E-state index contributed by atoms with van der Waals surface area (Å²) in [7, 11) is 0. The van der Waals surface area contributed by atoms with Crippen LogP contribution in [0, 0.1) is 0 Å². The van der Waals surface area contributed by atoms with Gasteiger partial charge in [-0.3, -0.25) is 9.59 Å². The predicted molar refractivity (Wildman–Crippen MR) is 172 cm³/mol. The first-order valence-corrected chi connectivity index (χ1v) is 15.6. The summed E-state index contributed by atoms with van der Waals surface area (Å²) in [5.41, 5.74) is -2.41. The van der Waals surface area contributed by atoms with Gasteiger partial charge in [-0.15, -0.1) is 0 Å². The number of benzene rings is 3. The van der Waals surface area contributed by atoms with Crippen LogP contribution in [0.15, 0.2) is 71.7 Å². The van der Waals surface area contributed by atoms with Crippen LogP contribution in [0.3, 0.4) is 0 Å². The molecule has 13 heteroatoms. The van der Waals surface area contributed by atoms with Crippen LogP contribution in [0.1, 0.15) is 68.4 Å². The first-order chi connectivity index (χ1) is 22.1. The van der Waals surface area contributed by atoms with Crippen molar-refractivity contribution < 1.29 is 42.1 Å². The van der Waals surface area contributed by atoms with E-state index in [9.17, 15) is 22.8 Å². The van der Waals surface area contributed by atoms with Gasteiger partial charge in [-0.2, -0.15) is 13.2 Å². The summed E-state index contributed by atoms with van der Waals surface area (Å²) in [6, 6.07) is 16.0. The van der Waals surface area contributed by atoms with Gasteiger partial charge in [0, 0.05) is 47.2 Å². The van der Waals surface area contributed by atoms with Crippen LogP contribution in [-0.4, -0.2) is 47.2 Å². The van der Waals surface area contributed by atoms with Gasteiger partial charge in [0.2, 0.25) is 5.90 Å². The van der Waals surface area contributed by atoms with Crippen molar-refractivity contribution >= 4 is 41.0 Å². The van der Waals surface area contributed by atoms with E-state index >= 15 is 0 Å². The lowest BCUT2D eigenvalue weighted by molar-refractivity contribution is -0.155. The molecule has 0 radical (unpaired) electrons. The van der Waals surface area contributed by atoms with Gasteiger partial charge < -0.3 is 24.6 Å². The quantitative estimate of drug-likeness (QED) is 0.151. The highest BCUT2D eigenvalue weighted by Gasteiger charge is 2.54. The molecule has 0 aliphatic carbocycles. The minimum atomic E-state index is -4.57. The maximum absolute atomic E-state index is 14.3. The summed E-state index contributed by atoms with van der Waals surface area (Å²) in [6.07, 6.45) is -5.70. The summed E-state index contributed by atoms with van der Waals surface area (Å²) >= 11 is 12.8. The zero-order valence-corrected chi connectivity index (χ0v) is 27.5. The molecule has 4 rings (SSSR count). The molecule has 3 aromatic carbocycles. The number of aliphatic hydroxyl groups is 1. The number of aliphatic imine (C=N–C) groups is 1. The third-order valence-corrected chi connectivity index (χ3v) is 7.67. The Bertz CT molecular complexity index is 1610. The molecule has 0 aromatic heterocycles. The molecule has 3 aromatic rings. The molecule has 2 N–H and O–H groups in total. The minimum Gasteiger partial charge on any atom is -0.494 e. The fourth-order valence-electron chi connectivity index (χ4n) is 4.94. The van der Waals surface area contributed by atoms with E-state index in [2.05, 4.69) is 5.32 Å². The number of aliphatic hydroxyl groups excluding tert-OH is 1. The molecule has 1 heterocycles. The second-order valence-corrected chi connectivity index (χ2v) is 12.8. The molecular weight excluding hydrogens is 660 g/mol. The Morgan fingerprint density at radius 3 is 2.40 bits per heavy atom. The Hall–Kier alpha value is -3.80. The number of rotatable bonds is 12. The van der Waals surface area contributed by atoms with Gasteiger partial charge in [-0.1, -0.05) is 41.4 Å². The fraction of sp³-hybridized carbons (Fsp3) is 0.382. The standard InChI is InChI=1S/C34H35Cl2F3N2O6/c1-32(2,3)47-28(43)14-15-33(31(44)40-20-21-6-4-7-23(18-21)34(37,38)39)29(26-13-10-24(35)19-27(26)36)46-30(41-33)22-8-11-25(12-9-22)45-17-5-16-42/h4,6-13,18-19,29,42H,5,14-17,20H2,1-3H3,(H,40,44)/t29-,33-/m1/s1. The highest BCUT2D eigenvalue weighted by Crippen LogP contribution is 2.46. The Labute approximate surface area is 280 Å². The lowest BCUT2D eigenvalue weighted by atomic mass is 9.83. The second-order valence-electron chi connectivity index (χ2n) is 11.9. The SMILES string of the molecule is CC(C)(C)OC(=O)CC[C@@]1(C(=O)NCc2cccc(C(F)(F)F)c2)N=C(c2ccc(OCCCO)cc2)O[C@@H]1c1ccc(Cl)cc1Cl. The number of halogens is 5. The molecule has 1 aliphatic heterocycles. The number of alkyl halides is 3. The number of esters is 1. The Balaban J connectivity index is 1.75. The average molecular weight is 696 g/mol. The van der Waals surface area contributed by atoms with Crippen molar-refractivity contribution in [3.8, 4) is 5.75 Å². The number of carbonyl (C=O) groups excluding carboxylic acids is 2. The van der Waals surface area contributed by atoms with Crippen molar-refractivity contribution in [3.63, 3.8) is 0 Å². The number of nitrogens with zero attached hydrogens (tertiary/aromatic N) is 1. The molecule has 47 heavy (non-hydrogen) atoms. The highest BCUT2D eigenvalue weighted by atomic mass is 35.5. The fourth-order valence-corrected chi connectivity index (χ4v) is 5.45. The monoisotopic (exact) mass is 694 g/mol. The molecule has 0 unspecified atom stereocenters. The lowest BCUT2D eigenvalue weighted by Gasteiger charge is -2.31. The number of hydrogen-bond donors (Lipinski definition) is 2. The first-order valence-electron chi connectivity index (χ1n) is 14.8. The lowest BCUT2D eigenvalue weighted by Crippen LogP contribution is -2.48. The molecule has 252 valence electrons. The summed E-state index contributed by atoms with van der Waals surface area (Å²) in [5, 5.41) is 12.3. The van der Waals surface area contributed by atoms with E-state index < -0.39 is 40.9 Å². The van der Waals surface area contributed by atoms with E-state index in [4.69, 9.17) is 47.5 Å². The normalized spacial score (nSPS) is 17.9. The number of nitrogens with one attached hydrogen (secondary N) is 1. The number of amides is 1. The van der Waals surface area contributed by atoms with Gasteiger partial charge in [0.15, 0.2) is 11.6 Å². The predicted octanol–water partition coefficient (Wildman–Crippen LogP) is 7.47. The van der Waals surface area contributed by atoms with E-state index in [1.807, 2.05) is 0 Å². The van der Waals surface area contributed by atoms with Crippen molar-refractivity contribution in [1.82, 2.24) is 5.32 Å². The van der Waals surface area contributed by atoms with Crippen molar-refractivity contribution in [3.05, 3.63) is 99.0 Å². The zero-order chi connectivity index (χ0) is 34.4. The van der Waals surface area contributed by atoms with E-state index in [1.165, 1.54) is 18.2 Å². The van der Waals surface area contributed by atoms with Crippen molar-refractivity contribution in [1.29, 1.82) is 0 Å². The molecule has 1 amide bonds. The first kappa shape index (κ1) is 36.0. The van der Waals surface area contributed by atoms with E-state index in [1.54, 1.807) is 57.2 Å². The largest absolute Gasteiger partial charge is 0.494 e. The maximum atomic E-state index is 14.3. The molecule has 0 fully saturated rings. The van der Waals surface area contributed by atoms with E-state index in [0.29, 0.717) is 34.9 Å². The van der Waals surface area contributed by atoms with Crippen LogP contribution >= 0.6 is 23.2 Å². The van der Waals surface area contributed by atoms with Crippen LogP contribution in [0.4, 0.5) is 13.2 Å². The molecule has 0 saturated heterocycles. The third kappa shape index (κ3) is 9.39. The van der Waals surface area contributed by atoms with Crippen molar-refractivity contribution in [2.45, 2.75) is 70.0 Å². The summed E-state index contributed by atoms with van der Waals surface area (Å²) in [6.45, 7) is 5.17. The van der Waals surface area contributed by atoms with Crippen LogP contribution in [0.5, 0.6) is 5.75 Å². The summed E-state index contributed by atoms with van der Waals surface area (Å²) in [4.78, 5) is 32.0. The third-order valence-electron chi connectivity index (χ3n) is 7.11. The van der Waals surface area contributed by atoms with Crippen LogP contribution < -0.4 is 10.1 Å². The van der Waals surface area contributed by atoms with Gasteiger partial charge in [0.1, 0.15) is 11.4 Å². The number of carbonyl (C=O) groups is 2. The summed E-state index contributed by atoms with van der Waals surface area (Å²) < 4.78 is 57.6.